The van der Waals surface area contributed by atoms with Gasteiger partial charge in [0, 0.05) is 18.3 Å². The van der Waals surface area contributed by atoms with Crippen molar-refractivity contribution >= 4 is 17.6 Å². The lowest BCUT2D eigenvalue weighted by atomic mass is 10.1. The van der Waals surface area contributed by atoms with Crippen LogP contribution in [0.1, 0.15) is 37.4 Å². The van der Waals surface area contributed by atoms with Gasteiger partial charge in [-0.25, -0.2) is 9.18 Å². The number of nitrogens with one attached hydrogen (secondary N) is 1. The number of nitrogens with zero attached hydrogens (tertiary/aromatic N) is 2. The number of benzene rings is 2. The minimum atomic E-state index is -0.440. The standard InChI is InChI=1S/C27H32FN3O3/c1-4-20(2)31(27(33)29-24-12-8-11-23(28)17-24)19-26(32)30(18-25-14-13-21(3)34-25)16-15-22-9-6-5-7-10-22/h5-14,17,20H,4,15-16,18-19H2,1-3H3,(H,29,33). The van der Waals surface area contributed by atoms with E-state index in [1.165, 1.54) is 23.1 Å². The molecule has 0 spiro atoms. The van der Waals surface area contributed by atoms with E-state index in [2.05, 4.69) is 5.32 Å². The second-order valence-electron chi connectivity index (χ2n) is 8.39. The quantitative estimate of drug-likeness (QED) is 0.422. The van der Waals surface area contributed by atoms with Gasteiger partial charge in [-0.05, 0) is 62.6 Å². The van der Waals surface area contributed by atoms with Crippen molar-refractivity contribution in [2.75, 3.05) is 18.4 Å². The largest absolute Gasteiger partial charge is 0.464 e. The first-order valence-electron chi connectivity index (χ1n) is 11.6. The number of hydrogen-bond acceptors (Lipinski definition) is 3. The van der Waals surface area contributed by atoms with Crippen molar-refractivity contribution in [2.24, 2.45) is 0 Å². The van der Waals surface area contributed by atoms with Crippen molar-refractivity contribution in [2.45, 2.75) is 46.2 Å². The number of rotatable bonds is 10. The smallest absolute Gasteiger partial charge is 0.322 e. The summed E-state index contributed by atoms with van der Waals surface area (Å²) in [5, 5.41) is 2.71. The van der Waals surface area contributed by atoms with Crippen LogP contribution in [0.3, 0.4) is 0 Å². The first-order chi connectivity index (χ1) is 16.4. The average Bonchev–Trinajstić information content (AvgIpc) is 3.24. The van der Waals surface area contributed by atoms with Gasteiger partial charge in [-0.15, -0.1) is 0 Å². The van der Waals surface area contributed by atoms with Gasteiger partial charge < -0.3 is 19.5 Å². The molecule has 3 amide bonds. The summed E-state index contributed by atoms with van der Waals surface area (Å²) in [4.78, 5) is 29.7. The zero-order chi connectivity index (χ0) is 24.5. The summed E-state index contributed by atoms with van der Waals surface area (Å²) in [6, 6.07) is 18.8. The summed E-state index contributed by atoms with van der Waals surface area (Å²) >= 11 is 0. The maximum Gasteiger partial charge on any atom is 0.322 e. The summed E-state index contributed by atoms with van der Waals surface area (Å²) < 4.78 is 19.3. The molecule has 1 atom stereocenters. The van der Waals surface area contributed by atoms with E-state index < -0.39 is 11.8 Å². The SMILES string of the molecule is CCC(C)N(CC(=O)N(CCc1ccccc1)Cc1ccc(C)o1)C(=O)Nc1cccc(F)c1. The maximum atomic E-state index is 13.6. The Morgan fingerprint density at radius 1 is 1.06 bits per heavy atom. The van der Waals surface area contributed by atoms with Crippen molar-refractivity contribution < 1.29 is 18.4 Å². The van der Waals surface area contributed by atoms with E-state index in [0.29, 0.717) is 37.4 Å². The molecular weight excluding hydrogens is 433 g/mol. The molecule has 7 heteroatoms. The van der Waals surface area contributed by atoms with Crippen molar-refractivity contribution in [1.29, 1.82) is 0 Å². The minimum absolute atomic E-state index is 0.0926. The van der Waals surface area contributed by atoms with Gasteiger partial charge in [0.25, 0.3) is 0 Å². The van der Waals surface area contributed by atoms with Gasteiger partial charge in [-0.1, -0.05) is 43.3 Å². The highest BCUT2D eigenvalue weighted by Crippen LogP contribution is 2.15. The van der Waals surface area contributed by atoms with Crippen molar-refractivity contribution in [1.82, 2.24) is 9.80 Å². The summed E-state index contributed by atoms with van der Waals surface area (Å²) in [6.45, 7) is 6.42. The van der Waals surface area contributed by atoms with E-state index in [-0.39, 0.29) is 18.5 Å². The molecule has 3 rings (SSSR count). The Hall–Kier alpha value is -3.61. The molecule has 34 heavy (non-hydrogen) atoms. The Balaban J connectivity index is 1.74. The minimum Gasteiger partial charge on any atom is -0.464 e. The topological polar surface area (TPSA) is 65.8 Å². The van der Waals surface area contributed by atoms with Gasteiger partial charge >= 0.3 is 6.03 Å². The maximum absolute atomic E-state index is 13.6. The summed E-state index contributed by atoms with van der Waals surface area (Å²) in [5.74, 6) is 0.851. The first kappa shape index (κ1) is 25.0. The van der Waals surface area contributed by atoms with E-state index in [4.69, 9.17) is 4.42 Å². The number of aryl methyl sites for hydroxylation is 1. The molecule has 1 N–H and O–H groups in total. The molecule has 0 saturated heterocycles. The van der Waals surface area contributed by atoms with Crippen LogP contribution in [0, 0.1) is 12.7 Å². The molecule has 0 saturated carbocycles. The fourth-order valence-electron chi connectivity index (χ4n) is 3.61. The molecule has 3 aromatic rings. The molecule has 1 unspecified atom stereocenters. The second-order valence-corrected chi connectivity index (χ2v) is 8.39. The number of halogens is 1. The third-order valence-electron chi connectivity index (χ3n) is 5.77. The fraction of sp³-hybridized carbons (Fsp3) is 0.333. The number of furan rings is 1. The van der Waals surface area contributed by atoms with Crippen LogP contribution in [0.2, 0.25) is 0 Å². The summed E-state index contributed by atoms with van der Waals surface area (Å²) in [7, 11) is 0. The molecule has 6 nitrogen and oxygen atoms in total. The molecule has 0 bridgehead atoms. The highest BCUT2D eigenvalue weighted by Gasteiger charge is 2.25. The Kier molecular flexibility index (Phi) is 8.85. The molecule has 0 fully saturated rings. The number of urea groups is 1. The van der Waals surface area contributed by atoms with E-state index in [1.807, 2.05) is 63.2 Å². The average molecular weight is 466 g/mol. The van der Waals surface area contributed by atoms with Crippen LogP contribution in [-0.4, -0.2) is 40.9 Å². The van der Waals surface area contributed by atoms with E-state index >= 15 is 0 Å². The van der Waals surface area contributed by atoms with E-state index in [9.17, 15) is 14.0 Å². The number of carbonyl (C=O) groups is 2. The normalized spacial score (nSPS) is 11.6. The van der Waals surface area contributed by atoms with Gasteiger partial charge in [-0.2, -0.15) is 0 Å². The van der Waals surface area contributed by atoms with Crippen LogP contribution >= 0.6 is 0 Å². The van der Waals surface area contributed by atoms with E-state index in [0.717, 1.165) is 11.3 Å². The lowest BCUT2D eigenvalue weighted by Crippen LogP contribution is -2.48. The molecule has 0 aliphatic rings. The van der Waals surface area contributed by atoms with E-state index in [1.54, 1.807) is 11.0 Å². The van der Waals surface area contributed by atoms with Crippen LogP contribution in [0.5, 0.6) is 0 Å². The fourth-order valence-corrected chi connectivity index (χ4v) is 3.61. The number of anilines is 1. The predicted octanol–water partition coefficient (Wildman–Crippen LogP) is 5.63. The Morgan fingerprint density at radius 2 is 1.82 bits per heavy atom. The van der Waals surface area contributed by atoms with Crippen LogP contribution in [-0.2, 0) is 17.8 Å². The highest BCUT2D eigenvalue weighted by atomic mass is 19.1. The zero-order valence-electron chi connectivity index (χ0n) is 20.0. The zero-order valence-corrected chi connectivity index (χ0v) is 20.0. The third kappa shape index (κ3) is 7.20. The van der Waals surface area contributed by atoms with Crippen LogP contribution in [0.25, 0.3) is 0 Å². The molecule has 0 aliphatic carbocycles. The monoisotopic (exact) mass is 465 g/mol. The van der Waals surface area contributed by atoms with Gasteiger partial charge in [-0.3, -0.25) is 4.79 Å². The summed E-state index contributed by atoms with van der Waals surface area (Å²) in [5.41, 5.74) is 1.47. The number of hydrogen-bond donors (Lipinski definition) is 1. The third-order valence-corrected chi connectivity index (χ3v) is 5.77. The molecule has 1 aromatic heterocycles. The molecule has 2 aromatic carbocycles. The van der Waals surface area contributed by atoms with Gasteiger partial charge in [0.05, 0.1) is 6.54 Å². The van der Waals surface area contributed by atoms with Crippen molar-refractivity contribution in [3.8, 4) is 0 Å². The van der Waals surface area contributed by atoms with Crippen molar-refractivity contribution in [3.63, 3.8) is 0 Å². The van der Waals surface area contributed by atoms with Crippen LogP contribution in [0.4, 0.5) is 14.9 Å². The Morgan fingerprint density at radius 3 is 2.47 bits per heavy atom. The number of carbonyl (C=O) groups excluding carboxylic acids is 2. The molecular formula is C27H32FN3O3. The lowest BCUT2D eigenvalue weighted by molar-refractivity contribution is -0.133. The molecule has 1 heterocycles. The lowest BCUT2D eigenvalue weighted by Gasteiger charge is -2.31. The van der Waals surface area contributed by atoms with Crippen LogP contribution < -0.4 is 5.32 Å². The van der Waals surface area contributed by atoms with Gasteiger partial charge in [0.1, 0.15) is 23.9 Å². The Labute approximate surface area is 200 Å². The first-order valence-corrected chi connectivity index (χ1v) is 11.6. The van der Waals surface area contributed by atoms with Gasteiger partial charge in [0.15, 0.2) is 0 Å². The molecule has 0 aliphatic heterocycles. The Bertz CT molecular complexity index is 1080. The summed E-state index contributed by atoms with van der Waals surface area (Å²) in [6.07, 6.45) is 1.36. The second kappa shape index (κ2) is 12.0. The van der Waals surface area contributed by atoms with Gasteiger partial charge in [0.2, 0.25) is 5.91 Å². The molecule has 180 valence electrons. The predicted molar refractivity (Wildman–Crippen MR) is 131 cm³/mol. The molecule has 0 radical (unpaired) electrons. The van der Waals surface area contributed by atoms with Crippen molar-refractivity contribution in [3.05, 3.63) is 89.6 Å². The number of amides is 3. The highest BCUT2D eigenvalue weighted by molar-refractivity contribution is 5.92. The van der Waals surface area contributed by atoms with Crippen LogP contribution in [0.15, 0.2) is 71.1 Å².